The molecule has 0 unspecified atom stereocenters. The fraction of sp³-hybridized carbons (Fsp3) is 0.800. The number of urea groups is 1. The van der Waals surface area contributed by atoms with Crippen molar-refractivity contribution in [1.29, 1.82) is 0 Å². The summed E-state index contributed by atoms with van der Waals surface area (Å²) in [7, 11) is 0. The number of amides is 2. The van der Waals surface area contributed by atoms with Gasteiger partial charge >= 0.3 is 6.03 Å². The lowest BCUT2D eigenvalue weighted by molar-refractivity contribution is 0.218. The number of likely N-dealkylation sites (tertiary alicyclic amines) is 1. The van der Waals surface area contributed by atoms with E-state index in [1.165, 1.54) is 0 Å². The Bertz CT molecular complexity index is 125. The maximum absolute atomic E-state index is 10.4. The van der Waals surface area contributed by atoms with Crippen molar-refractivity contribution in [3.05, 3.63) is 0 Å². The van der Waals surface area contributed by atoms with Crippen LogP contribution in [0.4, 0.5) is 4.79 Å². The van der Waals surface area contributed by atoms with Crippen LogP contribution in [0.5, 0.6) is 0 Å². The second kappa shape index (κ2) is 2.23. The lowest BCUT2D eigenvalue weighted by atomic mass is 10.3. The molecule has 1 rings (SSSR count). The van der Waals surface area contributed by atoms with E-state index < -0.39 is 0 Å². The van der Waals surface area contributed by atoms with Crippen molar-refractivity contribution in [3.63, 3.8) is 0 Å². The first-order valence-electron chi connectivity index (χ1n) is 3.00. The van der Waals surface area contributed by atoms with Gasteiger partial charge in [-0.3, -0.25) is 0 Å². The monoisotopic (exact) mass is 129 g/mol. The molecule has 2 amide bonds. The molecule has 0 aromatic heterocycles. The molecule has 0 bridgehead atoms. The van der Waals surface area contributed by atoms with Gasteiger partial charge in [-0.05, 0) is 6.42 Å². The number of carbonyl (C=O) groups excluding carboxylic acids is 1. The van der Waals surface area contributed by atoms with Crippen LogP contribution in [-0.2, 0) is 0 Å². The average Bonchev–Trinajstić information content (AvgIpc) is 2.14. The Morgan fingerprint density at radius 2 is 2.33 bits per heavy atom. The van der Waals surface area contributed by atoms with E-state index in [4.69, 9.17) is 11.5 Å². The van der Waals surface area contributed by atoms with Gasteiger partial charge < -0.3 is 16.4 Å². The minimum atomic E-state index is -0.358. The molecule has 1 atom stereocenters. The molecule has 4 heteroatoms. The molecule has 0 spiro atoms. The molecule has 0 radical (unpaired) electrons. The third kappa shape index (κ3) is 1.32. The Balaban J connectivity index is 2.39. The van der Waals surface area contributed by atoms with Gasteiger partial charge in [0.05, 0.1) is 0 Å². The third-order valence-corrected chi connectivity index (χ3v) is 1.54. The van der Waals surface area contributed by atoms with Gasteiger partial charge in [-0.1, -0.05) is 0 Å². The topological polar surface area (TPSA) is 72.4 Å². The first-order chi connectivity index (χ1) is 4.20. The second-order valence-corrected chi connectivity index (χ2v) is 2.33. The largest absolute Gasteiger partial charge is 0.351 e. The highest BCUT2D eigenvalue weighted by atomic mass is 16.2. The van der Waals surface area contributed by atoms with Gasteiger partial charge in [-0.15, -0.1) is 0 Å². The fourth-order valence-electron chi connectivity index (χ4n) is 0.987. The Hall–Kier alpha value is -0.770. The van der Waals surface area contributed by atoms with E-state index in [1.54, 1.807) is 4.90 Å². The first kappa shape index (κ1) is 6.35. The maximum Gasteiger partial charge on any atom is 0.314 e. The smallest absolute Gasteiger partial charge is 0.314 e. The molecule has 9 heavy (non-hydrogen) atoms. The van der Waals surface area contributed by atoms with E-state index in [2.05, 4.69) is 0 Å². The lowest BCUT2D eigenvalue weighted by Gasteiger charge is -2.10. The van der Waals surface area contributed by atoms with E-state index in [9.17, 15) is 4.79 Å². The van der Waals surface area contributed by atoms with Crippen molar-refractivity contribution in [1.82, 2.24) is 4.90 Å². The number of hydrogen-bond donors (Lipinski definition) is 2. The summed E-state index contributed by atoms with van der Waals surface area (Å²) >= 11 is 0. The summed E-state index contributed by atoms with van der Waals surface area (Å²) in [6, 6.07) is -0.222. The summed E-state index contributed by atoms with van der Waals surface area (Å²) in [5.74, 6) is 0. The van der Waals surface area contributed by atoms with Gasteiger partial charge in [-0.2, -0.15) is 0 Å². The number of carbonyl (C=O) groups is 1. The molecule has 0 aromatic rings. The number of nitrogens with two attached hydrogens (primary N) is 2. The normalized spacial score (nSPS) is 26.8. The maximum atomic E-state index is 10.4. The summed E-state index contributed by atoms with van der Waals surface area (Å²) in [6.07, 6.45) is 0.878. The Labute approximate surface area is 53.8 Å². The molecule has 0 aliphatic carbocycles. The minimum absolute atomic E-state index is 0.137. The Kier molecular flexibility index (Phi) is 1.57. The molecule has 1 fully saturated rings. The minimum Gasteiger partial charge on any atom is -0.351 e. The highest BCUT2D eigenvalue weighted by Gasteiger charge is 2.20. The Morgan fingerprint density at radius 3 is 2.56 bits per heavy atom. The predicted octanol–water partition coefficient (Wildman–Crippen LogP) is -0.902. The van der Waals surface area contributed by atoms with Crippen LogP contribution in [0.15, 0.2) is 0 Å². The Morgan fingerprint density at radius 1 is 1.67 bits per heavy atom. The quantitative estimate of drug-likeness (QED) is 0.445. The van der Waals surface area contributed by atoms with Crippen molar-refractivity contribution in [2.75, 3.05) is 13.1 Å². The van der Waals surface area contributed by atoms with Crippen molar-refractivity contribution in [2.24, 2.45) is 11.5 Å². The molecule has 4 nitrogen and oxygen atoms in total. The molecule has 1 aliphatic heterocycles. The number of nitrogens with zero attached hydrogens (tertiary/aromatic N) is 1. The van der Waals surface area contributed by atoms with Crippen molar-refractivity contribution >= 4 is 6.03 Å². The zero-order valence-corrected chi connectivity index (χ0v) is 5.21. The first-order valence-corrected chi connectivity index (χ1v) is 3.00. The highest BCUT2D eigenvalue weighted by Crippen LogP contribution is 2.04. The molecular formula is C5H11N3O. The summed E-state index contributed by atoms with van der Waals surface area (Å²) in [5, 5.41) is 0. The average molecular weight is 129 g/mol. The number of primary amides is 1. The standard InChI is InChI=1S/C5H11N3O/c6-4-1-2-8(3-4)5(7)9/h4H,1-3,6H2,(H2,7,9)/t4-/m0/s1. The third-order valence-electron chi connectivity index (χ3n) is 1.54. The van der Waals surface area contributed by atoms with Crippen LogP contribution in [0.3, 0.4) is 0 Å². The van der Waals surface area contributed by atoms with E-state index in [-0.39, 0.29) is 12.1 Å². The van der Waals surface area contributed by atoms with Crippen LogP contribution in [0.2, 0.25) is 0 Å². The molecule has 0 saturated carbocycles. The van der Waals surface area contributed by atoms with Gasteiger partial charge in [-0.25, -0.2) is 4.79 Å². The van der Waals surface area contributed by atoms with Crippen molar-refractivity contribution in [3.8, 4) is 0 Å². The van der Waals surface area contributed by atoms with E-state index >= 15 is 0 Å². The molecule has 1 heterocycles. The van der Waals surface area contributed by atoms with Crippen molar-refractivity contribution in [2.45, 2.75) is 12.5 Å². The van der Waals surface area contributed by atoms with E-state index in [0.29, 0.717) is 6.54 Å². The summed E-state index contributed by atoms with van der Waals surface area (Å²) in [5.41, 5.74) is 10.5. The van der Waals surface area contributed by atoms with E-state index in [0.717, 1.165) is 13.0 Å². The van der Waals surface area contributed by atoms with Crippen LogP contribution in [0.25, 0.3) is 0 Å². The molecular weight excluding hydrogens is 118 g/mol. The molecule has 0 aromatic carbocycles. The van der Waals surface area contributed by atoms with Crippen LogP contribution >= 0.6 is 0 Å². The highest BCUT2D eigenvalue weighted by molar-refractivity contribution is 5.72. The lowest BCUT2D eigenvalue weighted by Crippen LogP contribution is -2.35. The van der Waals surface area contributed by atoms with Gasteiger partial charge in [0.15, 0.2) is 0 Å². The SMILES string of the molecule is NC(=O)N1CC[C@H](N)C1. The van der Waals surface area contributed by atoms with Gasteiger partial charge in [0.1, 0.15) is 0 Å². The summed E-state index contributed by atoms with van der Waals surface area (Å²) < 4.78 is 0. The molecule has 4 N–H and O–H groups in total. The zero-order chi connectivity index (χ0) is 6.85. The molecule has 52 valence electrons. The van der Waals surface area contributed by atoms with Crippen LogP contribution < -0.4 is 11.5 Å². The summed E-state index contributed by atoms with van der Waals surface area (Å²) in [6.45, 7) is 1.34. The van der Waals surface area contributed by atoms with Crippen molar-refractivity contribution < 1.29 is 4.79 Å². The second-order valence-electron chi connectivity index (χ2n) is 2.33. The fourth-order valence-corrected chi connectivity index (χ4v) is 0.987. The van der Waals surface area contributed by atoms with Gasteiger partial charge in [0.2, 0.25) is 0 Å². The summed E-state index contributed by atoms with van der Waals surface area (Å²) in [4.78, 5) is 12.0. The van der Waals surface area contributed by atoms with E-state index in [1.807, 2.05) is 0 Å². The predicted molar refractivity (Wildman–Crippen MR) is 33.7 cm³/mol. The zero-order valence-electron chi connectivity index (χ0n) is 5.21. The molecule has 1 aliphatic rings. The van der Waals surface area contributed by atoms with Gasteiger partial charge in [0.25, 0.3) is 0 Å². The van der Waals surface area contributed by atoms with Crippen LogP contribution in [0, 0.1) is 0 Å². The van der Waals surface area contributed by atoms with Gasteiger partial charge in [0, 0.05) is 19.1 Å². The number of hydrogen-bond acceptors (Lipinski definition) is 2. The molecule has 1 saturated heterocycles. The van der Waals surface area contributed by atoms with Crippen LogP contribution in [-0.4, -0.2) is 30.1 Å². The van der Waals surface area contributed by atoms with Crippen LogP contribution in [0.1, 0.15) is 6.42 Å². The number of rotatable bonds is 0.